The van der Waals surface area contributed by atoms with Gasteiger partial charge in [0.2, 0.25) is 11.8 Å². The van der Waals surface area contributed by atoms with Gasteiger partial charge in [-0.05, 0) is 318 Å². The molecule has 0 saturated carbocycles. The first-order chi connectivity index (χ1) is 55.0. The third-order valence-corrected chi connectivity index (χ3v) is 27.6. The Morgan fingerprint density at radius 1 is 0.425 bits per heavy atom. The fraction of sp³-hybridized carbons (Fsp3) is 0.409. The van der Waals surface area contributed by atoms with Crippen molar-refractivity contribution in [3.63, 3.8) is 0 Å². The summed E-state index contributed by atoms with van der Waals surface area (Å²) in [6, 6.07) is 32.6. The summed E-state index contributed by atoms with van der Waals surface area (Å²) in [4.78, 5) is 68.7. The molecule has 4 aliphatic carbocycles. The van der Waals surface area contributed by atoms with Crippen LogP contribution in [0.15, 0.2) is 177 Å². The van der Waals surface area contributed by atoms with E-state index in [1.165, 1.54) is 67.6 Å². The molecule has 113 heavy (non-hydrogen) atoms. The topological polar surface area (TPSA) is 150 Å². The largest absolute Gasteiger partial charge is 0.341 e. The van der Waals surface area contributed by atoms with Crippen molar-refractivity contribution in [2.24, 2.45) is 11.8 Å². The Kier molecular flexibility index (Phi) is 26.4. The van der Waals surface area contributed by atoms with Crippen molar-refractivity contribution in [2.45, 2.75) is 151 Å². The molecule has 2 amide bonds. The molecule has 8 aliphatic rings. The molecule has 25 heteroatoms. The molecule has 588 valence electrons. The first-order valence-electron chi connectivity index (χ1n) is 39.8. The molecule has 10 heterocycles. The second-order valence-corrected chi connectivity index (χ2v) is 37.3. The standard InChI is InChI=1S/C44H45Br2Cl2N7O.C30H36BrClN6O.C14H10BrCl2N/c45-33-20-31-5-3-29-22-35(47)7-9-37(29)42(40(31)50-24-33)54-18-19-55(43-38-10-8-36(48)23-30(38)4-6-32-21-34(46)25-51-41(32)43)39(26-54)44(56)53-15-11-28(12-16-53)2-1-14-52-17-13-49-27-52;31-24-16-23-4-3-22-17-25(32)5-6-26(22)29(28(23)35-18-24)38-15-10-34-27(19-38)30(39)37-12-7-21(8-13-37)2-1-11-36-14-9-33-20-36;15-10-5-9-2-1-8-6-11(16)3-4-12(8)13(17)14(9)18-7-10/h7-10,13,17,20-25,27-28,39,42-43H,1-6,11-12,14-16,18-19,26H2;5-6,9,14,16-18,20-21,27,29,34H,1-4,7-8,10-13,15,19H2;3-7,13H,1-2H2. The minimum atomic E-state index is -0.399. The van der Waals surface area contributed by atoms with Gasteiger partial charge in [-0.15, -0.1) is 11.6 Å². The van der Waals surface area contributed by atoms with E-state index < -0.39 is 6.04 Å². The van der Waals surface area contributed by atoms with Crippen LogP contribution in [0.1, 0.15) is 164 Å². The SMILES string of the molecule is Clc1ccc2c(c1)CCc1cc(Br)cnc1C2Cl.O=C(C1CN(C2c3ccc(Cl)cc3CCc3cc(Br)cnc32)CCN1)N1CCC(CCCn2ccnc2)CC1.O=C(C1CN(C2c3ccc(Cl)cc3CCc3cc(Br)cnc32)CCN1C1c2ccc(Cl)cc2CCc2cc(Br)cnc21)N1CCC(CCCn2ccnc2)CC1. The van der Waals surface area contributed by atoms with Crippen molar-refractivity contribution >= 4 is 134 Å². The van der Waals surface area contributed by atoms with Gasteiger partial charge in [-0.1, -0.05) is 70.7 Å². The summed E-state index contributed by atoms with van der Waals surface area (Å²) in [5, 5.41) is 6.36. The molecular weight excluding hydrogens is 1780 g/mol. The van der Waals surface area contributed by atoms with Crippen LogP contribution < -0.4 is 5.32 Å². The van der Waals surface area contributed by atoms with Crippen LogP contribution in [0.5, 0.6) is 0 Å². The quantitative estimate of drug-likeness (QED) is 0.109. The van der Waals surface area contributed by atoms with E-state index in [1.807, 2.05) is 92.4 Å². The molecule has 1 N–H and O–H groups in total. The number of aryl methyl sites for hydroxylation is 10. The summed E-state index contributed by atoms with van der Waals surface area (Å²) in [5.41, 5.74) is 18.8. The smallest absolute Gasteiger partial charge is 0.241 e. The van der Waals surface area contributed by atoms with Crippen molar-refractivity contribution in [3.8, 4) is 0 Å². The summed E-state index contributed by atoms with van der Waals surface area (Å²) in [6.07, 6.45) is 35.2. The highest BCUT2D eigenvalue weighted by Crippen LogP contribution is 2.46. The number of nitrogens with one attached hydrogen (secondary N) is 1. The molecule has 6 atom stereocenters. The lowest BCUT2D eigenvalue weighted by Gasteiger charge is -2.48. The first kappa shape index (κ1) is 80.8. The number of piperazine rings is 2. The number of halogens is 9. The number of aromatic nitrogens is 8. The van der Waals surface area contributed by atoms with E-state index in [4.69, 9.17) is 73.0 Å². The van der Waals surface area contributed by atoms with Crippen LogP contribution in [0, 0.1) is 11.8 Å². The van der Waals surface area contributed by atoms with Gasteiger partial charge in [0.05, 0.1) is 59.6 Å². The number of nitrogens with zero attached hydrogens (tertiary/aromatic N) is 13. The molecule has 18 rings (SSSR count). The van der Waals surface area contributed by atoms with Crippen LogP contribution in [0.25, 0.3) is 0 Å². The second kappa shape index (κ2) is 36.9. The van der Waals surface area contributed by atoms with Gasteiger partial charge in [-0.3, -0.25) is 44.2 Å². The third kappa shape index (κ3) is 18.8. The van der Waals surface area contributed by atoms with Gasteiger partial charge in [0.15, 0.2) is 0 Å². The van der Waals surface area contributed by atoms with E-state index in [0.29, 0.717) is 31.5 Å². The number of imidazole rings is 2. The summed E-state index contributed by atoms with van der Waals surface area (Å²) >= 11 is 46.8. The van der Waals surface area contributed by atoms with Gasteiger partial charge in [0, 0.05) is 166 Å². The molecule has 6 aromatic heterocycles. The number of fused-ring (bicyclic) bond motifs is 8. The Labute approximate surface area is 721 Å². The lowest BCUT2D eigenvalue weighted by molar-refractivity contribution is -0.142. The zero-order valence-electron chi connectivity index (χ0n) is 63.0. The maximum Gasteiger partial charge on any atom is 0.241 e. The number of amides is 2. The number of carbonyl (C=O) groups excluding carboxylic acids is 2. The number of pyridine rings is 4. The monoisotopic (exact) mass is 1870 g/mol. The van der Waals surface area contributed by atoms with E-state index in [9.17, 15) is 4.79 Å². The minimum Gasteiger partial charge on any atom is -0.341 e. The summed E-state index contributed by atoms with van der Waals surface area (Å²) < 4.78 is 8.24. The minimum absolute atomic E-state index is 0.0153. The van der Waals surface area contributed by atoms with Crippen molar-refractivity contribution < 1.29 is 9.59 Å². The van der Waals surface area contributed by atoms with Gasteiger partial charge in [-0.2, -0.15) is 0 Å². The Bertz CT molecular complexity index is 4830. The van der Waals surface area contributed by atoms with Gasteiger partial charge >= 0.3 is 0 Å². The maximum absolute atomic E-state index is 15.3. The van der Waals surface area contributed by atoms with Gasteiger partial charge in [0.1, 0.15) is 11.4 Å². The number of benzene rings is 4. The van der Waals surface area contributed by atoms with E-state index in [1.54, 1.807) is 6.20 Å². The summed E-state index contributed by atoms with van der Waals surface area (Å²) in [6.45, 7) is 9.62. The van der Waals surface area contributed by atoms with E-state index in [2.05, 4.69) is 178 Å². The van der Waals surface area contributed by atoms with Crippen LogP contribution in [0.4, 0.5) is 0 Å². The molecule has 4 aliphatic heterocycles. The molecular formula is C88H91Br4Cl5N14O2. The molecule has 0 radical (unpaired) electrons. The molecule has 4 fully saturated rings. The van der Waals surface area contributed by atoms with Gasteiger partial charge in [0.25, 0.3) is 0 Å². The lowest BCUT2D eigenvalue weighted by Crippen LogP contribution is -2.61. The molecule has 0 bridgehead atoms. The van der Waals surface area contributed by atoms with Crippen LogP contribution in [-0.4, -0.2) is 153 Å². The zero-order valence-corrected chi connectivity index (χ0v) is 73.1. The highest BCUT2D eigenvalue weighted by molar-refractivity contribution is 9.11. The average Bonchev–Trinajstić information content (AvgIpc) is 1.74. The molecule has 6 unspecified atom stereocenters. The van der Waals surface area contributed by atoms with Crippen LogP contribution >= 0.6 is 122 Å². The van der Waals surface area contributed by atoms with Crippen LogP contribution in [-0.2, 0) is 74.0 Å². The number of piperidine rings is 2. The Balaban J connectivity index is 0.000000145. The molecule has 16 nitrogen and oxygen atoms in total. The van der Waals surface area contributed by atoms with Crippen molar-refractivity contribution in [1.82, 2.24) is 68.9 Å². The van der Waals surface area contributed by atoms with E-state index >= 15 is 4.79 Å². The lowest BCUT2D eigenvalue weighted by atomic mass is 9.90. The fourth-order valence-corrected chi connectivity index (χ4v) is 21.4. The number of hydrogen-bond donors (Lipinski definition) is 1. The van der Waals surface area contributed by atoms with Crippen LogP contribution in [0.3, 0.4) is 0 Å². The normalized spacial score (nSPS) is 21.3. The number of likely N-dealkylation sites (tertiary alicyclic amines) is 2. The number of hydrogen-bond acceptors (Lipinski definition) is 12. The predicted molar refractivity (Wildman–Crippen MR) is 463 cm³/mol. The van der Waals surface area contributed by atoms with E-state index in [0.717, 1.165) is 222 Å². The average molecular weight is 1870 g/mol. The number of alkyl halides is 1. The molecule has 4 saturated heterocycles. The molecule has 4 aromatic carbocycles. The van der Waals surface area contributed by atoms with Crippen molar-refractivity contribution in [3.05, 3.63) is 287 Å². The highest BCUT2D eigenvalue weighted by atomic mass is 79.9. The van der Waals surface area contributed by atoms with Crippen molar-refractivity contribution in [1.29, 1.82) is 0 Å². The molecule has 10 aromatic rings. The first-order valence-corrected chi connectivity index (χ1v) is 44.9. The Morgan fingerprint density at radius 3 is 1.25 bits per heavy atom. The molecule has 0 spiro atoms. The number of rotatable bonds is 13. The zero-order chi connectivity index (χ0) is 77.8. The fourth-order valence-electron chi connectivity index (χ4n) is 18.7. The predicted octanol–water partition coefficient (Wildman–Crippen LogP) is 19.1. The Hall–Kier alpha value is -5.95. The Morgan fingerprint density at radius 2 is 0.805 bits per heavy atom. The van der Waals surface area contributed by atoms with E-state index in [-0.39, 0.29) is 41.4 Å². The van der Waals surface area contributed by atoms with Gasteiger partial charge in [-0.25, -0.2) is 9.97 Å². The van der Waals surface area contributed by atoms with Gasteiger partial charge < -0.3 is 24.3 Å². The number of carbonyl (C=O) groups is 2. The summed E-state index contributed by atoms with van der Waals surface area (Å²) in [7, 11) is 0. The third-order valence-electron chi connectivity index (χ3n) is 24.5. The second-order valence-electron chi connectivity index (χ2n) is 31.4. The maximum atomic E-state index is 15.3. The van der Waals surface area contributed by atoms with Crippen molar-refractivity contribution in [2.75, 3.05) is 65.4 Å². The highest BCUT2D eigenvalue weighted by Gasteiger charge is 2.46. The summed E-state index contributed by atoms with van der Waals surface area (Å²) in [5.74, 6) is 1.76. The van der Waals surface area contributed by atoms with Crippen LogP contribution in [0.2, 0.25) is 20.1 Å².